The number of hydrogen-bond donors (Lipinski definition) is 2. The van der Waals surface area contributed by atoms with E-state index in [1.165, 1.54) is 53.8 Å². The fourth-order valence-electron chi connectivity index (χ4n) is 5.79. The molecule has 1 aliphatic carbocycles. The molecule has 2 aliphatic rings. The highest BCUT2D eigenvalue weighted by Crippen LogP contribution is 2.39. The Hall–Kier alpha value is -2.77. The zero-order valence-corrected chi connectivity index (χ0v) is 20.6. The van der Waals surface area contributed by atoms with Crippen LogP contribution >= 0.6 is 0 Å². The zero-order chi connectivity index (χ0) is 23.4. The molecule has 0 atom stereocenters. The number of pyridine rings is 2. The van der Waals surface area contributed by atoms with Gasteiger partial charge in [0.15, 0.2) is 5.65 Å². The molecule has 2 N–H and O–H groups in total. The number of nitrogens with zero attached hydrogens (tertiary/aromatic N) is 4. The number of fused-ring (bicyclic) bond motifs is 2. The topological polar surface area (TPSA) is 80.1 Å². The van der Waals surface area contributed by atoms with Crippen LogP contribution in [0.4, 0.5) is 0 Å². The highest BCUT2D eigenvalue weighted by Gasteiger charge is 2.28. The number of aromatic amines is 1. The van der Waals surface area contributed by atoms with Gasteiger partial charge in [-0.2, -0.15) is 0 Å². The molecule has 0 aromatic carbocycles. The lowest BCUT2D eigenvalue weighted by molar-refractivity contribution is -0.0121. The first-order chi connectivity index (χ1) is 16.5. The van der Waals surface area contributed by atoms with Crippen LogP contribution < -0.4 is 5.32 Å². The van der Waals surface area contributed by atoms with Gasteiger partial charge in [0, 0.05) is 35.0 Å². The minimum atomic E-state index is 0.354. The van der Waals surface area contributed by atoms with Crippen molar-refractivity contribution in [2.24, 2.45) is 0 Å². The first kappa shape index (κ1) is 21.7. The number of aromatic nitrogens is 5. The van der Waals surface area contributed by atoms with Crippen molar-refractivity contribution in [3.05, 3.63) is 47.0 Å². The predicted molar refractivity (Wildman–Crippen MR) is 134 cm³/mol. The van der Waals surface area contributed by atoms with Gasteiger partial charge in [0.2, 0.25) is 0 Å². The largest absolute Gasteiger partial charge is 0.378 e. The Morgan fingerprint density at radius 3 is 2.56 bits per heavy atom. The van der Waals surface area contributed by atoms with Crippen LogP contribution in [0.1, 0.15) is 73.8 Å². The predicted octanol–water partition coefficient (Wildman–Crippen LogP) is 5.03. The molecule has 1 saturated carbocycles. The van der Waals surface area contributed by atoms with E-state index in [0.29, 0.717) is 23.9 Å². The Kier molecular flexibility index (Phi) is 5.41. The maximum atomic E-state index is 5.32. The summed E-state index contributed by atoms with van der Waals surface area (Å²) < 4.78 is 7.34. The van der Waals surface area contributed by atoms with E-state index in [4.69, 9.17) is 9.72 Å². The maximum absolute atomic E-state index is 5.32. The summed E-state index contributed by atoms with van der Waals surface area (Å²) in [4.78, 5) is 9.00. The van der Waals surface area contributed by atoms with Crippen LogP contribution in [0, 0.1) is 13.8 Å². The van der Waals surface area contributed by atoms with E-state index in [2.05, 4.69) is 66.5 Å². The molecule has 0 unspecified atom stereocenters. The van der Waals surface area contributed by atoms with Gasteiger partial charge in [-0.1, -0.05) is 13.8 Å². The number of ether oxygens (including phenoxy) is 1. The third kappa shape index (κ3) is 3.62. The molecule has 1 aliphatic heterocycles. The highest BCUT2D eigenvalue weighted by molar-refractivity contribution is 5.89. The molecule has 0 radical (unpaired) electrons. The van der Waals surface area contributed by atoms with E-state index in [-0.39, 0.29) is 0 Å². The van der Waals surface area contributed by atoms with Gasteiger partial charge in [0.1, 0.15) is 6.33 Å². The summed E-state index contributed by atoms with van der Waals surface area (Å²) in [7, 11) is 0. The van der Waals surface area contributed by atoms with Crippen molar-refractivity contribution in [3.63, 3.8) is 0 Å². The molecule has 1 saturated heterocycles. The third-order valence-corrected chi connectivity index (χ3v) is 7.95. The zero-order valence-electron chi connectivity index (χ0n) is 20.6. The van der Waals surface area contributed by atoms with Gasteiger partial charge in [0.25, 0.3) is 0 Å². The van der Waals surface area contributed by atoms with Crippen LogP contribution in [0.5, 0.6) is 0 Å². The standard InChI is InChI=1S/C27H34N6O/c1-15(2)24-25(21-11-33-14-28-32-27(33)17(4)16(21)3)31-23-10-9-22(30-26(23)24)18-5-7-19(8-6-18)29-20-12-34-13-20/h9-11,14-15,18-20,29,31H,5-8,12-13H2,1-4H3. The number of aryl methyl sites for hydroxylation is 1. The van der Waals surface area contributed by atoms with Gasteiger partial charge in [0.05, 0.1) is 36.0 Å². The second-order valence-corrected chi connectivity index (χ2v) is 10.5. The molecule has 7 nitrogen and oxygen atoms in total. The quantitative estimate of drug-likeness (QED) is 0.439. The fraction of sp³-hybridized carbons (Fsp3) is 0.519. The smallest absolute Gasteiger partial charge is 0.163 e. The summed E-state index contributed by atoms with van der Waals surface area (Å²) in [5.41, 5.74) is 10.5. The molecule has 0 amide bonds. The van der Waals surface area contributed by atoms with Crippen molar-refractivity contribution < 1.29 is 4.74 Å². The molecule has 4 aromatic heterocycles. The van der Waals surface area contributed by atoms with Gasteiger partial charge in [-0.3, -0.25) is 9.38 Å². The molecule has 0 spiro atoms. The summed E-state index contributed by atoms with van der Waals surface area (Å²) in [5, 5.41) is 12.2. The first-order valence-electron chi connectivity index (χ1n) is 12.7. The molecular weight excluding hydrogens is 424 g/mol. The SMILES string of the molecule is Cc1c(-c2[nH]c3ccc(C4CCC(NC5COC5)CC4)nc3c2C(C)C)cn2cnnc2c1C. The van der Waals surface area contributed by atoms with Crippen molar-refractivity contribution >= 4 is 16.7 Å². The number of nitrogens with one attached hydrogen (secondary N) is 2. The van der Waals surface area contributed by atoms with Gasteiger partial charge in [-0.05, 0) is 68.7 Å². The van der Waals surface area contributed by atoms with Crippen molar-refractivity contribution in [1.29, 1.82) is 0 Å². The molecule has 4 aromatic rings. The van der Waals surface area contributed by atoms with E-state index < -0.39 is 0 Å². The highest BCUT2D eigenvalue weighted by atomic mass is 16.5. The maximum Gasteiger partial charge on any atom is 0.163 e. The normalized spacial score (nSPS) is 21.6. The monoisotopic (exact) mass is 458 g/mol. The van der Waals surface area contributed by atoms with Crippen molar-refractivity contribution in [2.45, 2.75) is 77.3 Å². The van der Waals surface area contributed by atoms with Crippen LogP contribution in [-0.2, 0) is 4.74 Å². The van der Waals surface area contributed by atoms with Crippen LogP contribution in [0.15, 0.2) is 24.7 Å². The molecule has 6 rings (SSSR count). The molecule has 178 valence electrons. The van der Waals surface area contributed by atoms with Crippen LogP contribution in [0.2, 0.25) is 0 Å². The molecule has 2 fully saturated rings. The van der Waals surface area contributed by atoms with Gasteiger partial charge < -0.3 is 15.0 Å². The van der Waals surface area contributed by atoms with Gasteiger partial charge in [-0.25, -0.2) is 0 Å². The Bertz CT molecular complexity index is 1340. The summed E-state index contributed by atoms with van der Waals surface area (Å²) >= 11 is 0. The molecule has 34 heavy (non-hydrogen) atoms. The van der Waals surface area contributed by atoms with Crippen molar-refractivity contribution in [1.82, 2.24) is 29.9 Å². The Morgan fingerprint density at radius 2 is 1.85 bits per heavy atom. The number of rotatable bonds is 5. The minimum absolute atomic E-state index is 0.354. The molecular formula is C27H34N6O. The van der Waals surface area contributed by atoms with E-state index in [0.717, 1.165) is 35.5 Å². The van der Waals surface area contributed by atoms with E-state index in [1.807, 2.05) is 4.40 Å². The molecule has 5 heterocycles. The van der Waals surface area contributed by atoms with E-state index in [1.54, 1.807) is 6.33 Å². The lowest BCUT2D eigenvalue weighted by atomic mass is 9.83. The van der Waals surface area contributed by atoms with Gasteiger partial charge in [-0.15, -0.1) is 10.2 Å². The average Bonchev–Trinajstić information content (AvgIpc) is 3.43. The third-order valence-electron chi connectivity index (χ3n) is 7.95. The summed E-state index contributed by atoms with van der Waals surface area (Å²) in [6, 6.07) is 5.67. The lowest BCUT2D eigenvalue weighted by Gasteiger charge is -2.35. The lowest BCUT2D eigenvalue weighted by Crippen LogP contribution is -2.51. The Labute approximate surface area is 200 Å². The fourth-order valence-corrected chi connectivity index (χ4v) is 5.79. The van der Waals surface area contributed by atoms with Crippen molar-refractivity contribution in [2.75, 3.05) is 13.2 Å². The average molecular weight is 459 g/mol. The van der Waals surface area contributed by atoms with Crippen molar-refractivity contribution in [3.8, 4) is 11.3 Å². The Balaban J connectivity index is 1.35. The van der Waals surface area contributed by atoms with Gasteiger partial charge >= 0.3 is 0 Å². The second kappa shape index (κ2) is 8.47. The minimum Gasteiger partial charge on any atom is -0.378 e. The van der Waals surface area contributed by atoms with E-state index in [9.17, 15) is 0 Å². The van der Waals surface area contributed by atoms with Crippen LogP contribution in [-0.4, -0.2) is 49.9 Å². The van der Waals surface area contributed by atoms with Crippen LogP contribution in [0.3, 0.4) is 0 Å². The number of hydrogen-bond acceptors (Lipinski definition) is 5. The van der Waals surface area contributed by atoms with E-state index >= 15 is 0 Å². The summed E-state index contributed by atoms with van der Waals surface area (Å²) in [5.74, 6) is 0.892. The second-order valence-electron chi connectivity index (χ2n) is 10.5. The number of H-pyrrole nitrogens is 1. The Morgan fingerprint density at radius 1 is 1.06 bits per heavy atom. The molecule has 7 heteroatoms. The summed E-state index contributed by atoms with van der Waals surface area (Å²) in [6.45, 7) is 10.6. The molecule has 0 bridgehead atoms. The van der Waals surface area contributed by atoms with Crippen LogP contribution in [0.25, 0.3) is 27.9 Å². The first-order valence-corrected chi connectivity index (χ1v) is 12.7. The summed E-state index contributed by atoms with van der Waals surface area (Å²) in [6.07, 6.45) is 8.75.